The fourth-order valence-corrected chi connectivity index (χ4v) is 5.58. The molecule has 2 aromatic heterocycles. The van der Waals surface area contributed by atoms with E-state index in [-0.39, 0.29) is 0 Å². The Labute approximate surface area is 169 Å². The van der Waals surface area contributed by atoms with E-state index in [1.165, 1.54) is 43.2 Å². The molecule has 0 aliphatic heterocycles. The highest BCUT2D eigenvalue weighted by molar-refractivity contribution is 7.98. The van der Waals surface area contributed by atoms with Gasteiger partial charge >= 0.3 is 0 Å². The van der Waals surface area contributed by atoms with Gasteiger partial charge in [-0.1, -0.05) is 68.1 Å². The van der Waals surface area contributed by atoms with Crippen molar-refractivity contribution in [3.05, 3.63) is 46.7 Å². The number of rotatable bonds is 6. The van der Waals surface area contributed by atoms with Crippen molar-refractivity contribution in [2.45, 2.75) is 56.4 Å². The summed E-state index contributed by atoms with van der Waals surface area (Å²) in [5, 5.41) is 13.1. The van der Waals surface area contributed by atoms with E-state index in [4.69, 9.17) is 4.98 Å². The molecule has 6 heteroatoms. The van der Waals surface area contributed by atoms with Crippen molar-refractivity contribution in [1.82, 2.24) is 19.7 Å². The van der Waals surface area contributed by atoms with Crippen molar-refractivity contribution in [3.63, 3.8) is 0 Å². The molecule has 4 rings (SSSR count). The molecule has 0 unspecified atom stereocenters. The molecule has 1 aromatic carbocycles. The molecule has 0 N–H and O–H groups in total. The molecule has 1 aliphatic carbocycles. The Balaban J connectivity index is 1.39. The van der Waals surface area contributed by atoms with Crippen LogP contribution in [0.2, 0.25) is 0 Å². The van der Waals surface area contributed by atoms with Gasteiger partial charge in [-0.2, -0.15) is 0 Å². The fraction of sp³-hybridized carbons (Fsp3) is 0.476. The first-order valence-corrected chi connectivity index (χ1v) is 11.6. The van der Waals surface area contributed by atoms with Gasteiger partial charge in [0, 0.05) is 30.2 Å². The van der Waals surface area contributed by atoms with Gasteiger partial charge in [0.2, 0.25) is 0 Å². The summed E-state index contributed by atoms with van der Waals surface area (Å²) in [6.45, 7) is 2.14. The van der Waals surface area contributed by atoms with Crippen molar-refractivity contribution >= 4 is 23.1 Å². The Morgan fingerprint density at radius 3 is 2.78 bits per heavy atom. The Hall–Kier alpha value is -1.66. The number of thioether (sulfide) groups is 1. The SMILES string of the molecule is Cc1ccccc1-c1nc(CSc2nnc(CC3CCCCC3)n2C)cs1. The number of hydrogen-bond donors (Lipinski definition) is 0. The van der Waals surface area contributed by atoms with Gasteiger partial charge in [0.15, 0.2) is 5.16 Å². The van der Waals surface area contributed by atoms with Crippen molar-refractivity contribution < 1.29 is 0 Å². The van der Waals surface area contributed by atoms with Crippen LogP contribution in [0.1, 0.15) is 49.2 Å². The molecule has 0 atom stereocenters. The average Bonchev–Trinajstić information content (AvgIpc) is 3.29. The highest BCUT2D eigenvalue weighted by Crippen LogP contribution is 2.30. The van der Waals surface area contributed by atoms with E-state index in [0.717, 1.165) is 39.8 Å². The summed E-state index contributed by atoms with van der Waals surface area (Å²) in [6.07, 6.45) is 7.90. The number of aryl methyl sites for hydroxylation is 1. The van der Waals surface area contributed by atoms with E-state index in [1.54, 1.807) is 23.1 Å². The van der Waals surface area contributed by atoms with Crippen LogP contribution < -0.4 is 0 Å². The lowest BCUT2D eigenvalue weighted by Crippen LogP contribution is -2.12. The second-order valence-electron chi connectivity index (χ2n) is 7.41. The molecule has 4 nitrogen and oxygen atoms in total. The molecule has 1 aliphatic rings. The first kappa shape index (κ1) is 18.7. The first-order valence-electron chi connectivity index (χ1n) is 9.72. The molecule has 0 bridgehead atoms. The van der Waals surface area contributed by atoms with Crippen LogP contribution in [0.15, 0.2) is 34.8 Å². The van der Waals surface area contributed by atoms with Crippen molar-refractivity contribution in [2.24, 2.45) is 13.0 Å². The van der Waals surface area contributed by atoms with E-state index < -0.39 is 0 Å². The van der Waals surface area contributed by atoms with Gasteiger partial charge in [0.05, 0.1) is 5.69 Å². The molecular weight excluding hydrogens is 372 g/mol. The Bertz CT molecular complexity index is 893. The predicted molar refractivity (Wildman–Crippen MR) is 113 cm³/mol. The van der Waals surface area contributed by atoms with Gasteiger partial charge in [-0.05, 0) is 18.4 Å². The molecule has 0 radical (unpaired) electrons. The maximum absolute atomic E-state index is 4.83. The van der Waals surface area contributed by atoms with E-state index in [0.29, 0.717) is 0 Å². The van der Waals surface area contributed by atoms with Gasteiger partial charge in [-0.25, -0.2) is 4.98 Å². The number of hydrogen-bond acceptors (Lipinski definition) is 5. The van der Waals surface area contributed by atoms with E-state index in [1.807, 2.05) is 0 Å². The first-order chi connectivity index (χ1) is 13.2. The van der Waals surface area contributed by atoms with Crippen molar-refractivity contribution in [2.75, 3.05) is 0 Å². The zero-order valence-corrected chi connectivity index (χ0v) is 17.7. The summed E-state index contributed by atoms with van der Waals surface area (Å²) in [4.78, 5) is 4.83. The van der Waals surface area contributed by atoms with Crippen LogP contribution in [-0.2, 0) is 19.2 Å². The average molecular weight is 399 g/mol. The van der Waals surface area contributed by atoms with Crippen LogP contribution in [0.3, 0.4) is 0 Å². The van der Waals surface area contributed by atoms with Crippen LogP contribution in [-0.4, -0.2) is 19.7 Å². The quantitative estimate of drug-likeness (QED) is 0.502. The lowest BCUT2D eigenvalue weighted by molar-refractivity contribution is 0.348. The third kappa shape index (κ3) is 4.43. The van der Waals surface area contributed by atoms with Crippen LogP contribution >= 0.6 is 23.1 Å². The number of nitrogens with zero attached hydrogens (tertiary/aromatic N) is 4. The minimum absolute atomic E-state index is 0.787. The van der Waals surface area contributed by atoms with Gasteiger partial charge < -0.3 is 4.57 Å². The number of benzene rings is 1. The van der Waals surface area contributed by atoms with Crippen molar-refractivity contribution in [1.29, 1.82) is 0 Å². The van der Waals surface area contributed by atoms with E-state index >= 15 is 0 Å². The Kier molecular flexibility index (Phi) is 5.93. The number of thiazole rings is 1. The molecule has 27 heavy (non-hydrogen) atoms. The minimum Gasteiger partial charge on any atom is -0.309 e. The van der Waals surface area contributed by atoms with E-state index in [9.17, 15) is 0 Å². The lowest BCUT2D eigenvalue weighted by Gasteiger charge is -2.20. The standard InChI is InChI=1S/C21H26N4S2/c1-15-8-6-7-11-18(15)20-22-17(13-26-20)14-27-21-24-23-19(25(21)2)12-16-9-4-3-5-10-16/h6-8,11,13,16H,3-5,9-10,12,14H2,1-2H3. The second-order valence-corrected chi connectivity index (χ2v) is 9.21. The van der Waals surface area contributed by atoms with E-state index in [2.05, 4.69) is 58.4 Å². The lowest BCUT2D eigenvalue weighted by atomic mass is 9.87. The minimum atomic E-state index is 0.787. The summed E-state index contributed by atoms with van der Waals surface area (Å²) in [5.41, 5.74) is 3.61. The molecular formula is C21H26N4S2. The monoisotopic (exact) mass is 398 g/mol. The largest absolute Gasteiger partial charge is 0.309 e. The van der Waals surface area contributed by atoms with Crippen LogP contribution in [0, 0.1) is 12.8 Å². The summed E-state index contributed by atoms with van der Waals surface area (Å²) in [7, 11) is 2.10. The van der Waals surface area contributed by atoms with Gasteiger partial charge in [-0.3, -0.25) is 0 Å². The smallest absolute Gasteiger partial charge is 0.191 e. The van der Waals surface area contributed by atoms with Gasteiger partial charge in [-0.15, -0.1) is 21.5 Å². The second kappa shape index (κ2) is 8.57. The molecule has 2 heterocycles. The summed E-state index contributed by atoms with van der Waals surface area (Å²) in [5.74, 6) is 2.75. The van der Waals surface area contributed by atoms with Gasteiger partial charge in [0.1, 0.15) is 10.8 Å². The Morgan fingerprint density at radius 2 is 1.96 bits per heavy atom. The fourth-order valence-electron chi connectivity index (χ4n) is 3.75. The molecule has 0 spiro atoms. The van der Waals surface area contributed by atoms with Gasteiger partial charge in [0.25, 0.3) is 0 Å². The highest BCUT2D eigenvalue weighted by Gasteiger charge is 2.18. The molecule has 0 amide bonds. The predicted octanol–water partition coefficient (Wildman–Crippen LogP) is 5.66. The summed E-state index contributed by atoms with van der Waals surface area (Å²) >= 11 is 3.45. The molecule has 142 valence electrons. The Morgan fingerprint density at radius 1 is 1.15 bits per heavy atom. The zero-order valence-electron chi connectivity index (χ0n) is 16.0. The maximum Gasteiger partial charge on any atom is 0.191 e. The summed E-state index contributed by atoms with van der Waals surface area (Å²) in [6, 6.07) is 8.43. The number of aromatic nitrogens is 4. The molecule has 0 saturated heterocycles. The summed E-state index contributed by atoms with van der Waals surface area (Å²) < 4.78 is 2.17. The normalized spacial score (nSPS) is 15.3. The molecule has 3 aromatic rings. The van der Waals surface area contributed by atoms with Crippen LogP contribution in [0.4, 0.5) is 0 Å². The van der Waals surface area contributed by atoms with Crippen LogP contribution in [0.5, 0.6) is 0 Å². The topological polar surface area (TPSA) is 43.6 Å². The molecule has 1 fully saturated rings. The third-order valence-electron chi connectivity index (χ3n) is 5.40. The molecule has 1 saturated carbocycles. The van der Waals surface area contributed by atoms with Crippen LogP contribution in [0.25, 0.3) is 10.6 Å². The zero-order chi connectivity index (χ0) is 18.6. The highest BCUT2D eigenvalue weighted by atomic mass is 32.2. The van der Waals surface area contributed by atoms with Crippen molar-refractivity contribution in [3.8, 4) is 10.6 Å². The maximum atomic E-state index is 4.83. The third-order valence-corrected chi connectivity index (χ3v) is 7.38.